The third-order valence-electron chi connectivity index (χ3n) is 4.73. The van der Waals surface area contributed by atoms with Gasteiger partial charge < -0.3 is 14.7 Å². The molecule has 1 aromatic carbocycles. The van der Waals surface area contributed by atoms with Gasteiger partial charge in [-0.2, -0.15) is 0 Å². The van der Waals surface area contributed by atoms with E-state index in [2.05, 4.69) is 0 Å². The SMILES string of the molecule is O=C(O)CC1(CC(=O)N2CCOCC2c2cc(F)cc(F)c2)CC1. The van der Waals surface area contributed by atoms with Crippen molar-refractivity contribution in [3.05, 3.63) is 35.4 Å². The Morgan fingerprint density at radius 1 is 1.21 bits per heavy atom. The van der Waals surface area contributed by atoms with E-state index in [1.807, 2.05) is 0 Å². The molecule has 1 heterocycles. The average molecular weight is 339 g/mol. The Hall–Kier alpha value is -2.02. The molecule has 1 unspecified atom stereocenters. The summed E-state index contributed by atoms with van der Waals surface area (Å²) in [7, 11) is 0. The first-order chi connectivity index (χ1) is 11.4. The normalized spacial score (nSPS) is 22.2. The number of ether oxygens (including phenoxy) is 1. The van der Waals surface area contributed by atoms with Gasteiger partial charge in [0.1, 0.15) is 11.6 Å². The van der Waals surface area contributed by atoms with E-state index >= 15 is 0 Å². The van der Waals surface area contributed by atoms with Crippen molar-refractivity contribution >= 4 is 11.9 Å². The molecule has 1 amide bonds. The van der Waals surface area contributed by atoms with Gasteiger partial charge in [-0.3, -0.25) is 9.59 Å². The third kappa shape index (κ3) is 3.72. The molecular weight excluding hydrogens is 320 g/mol. The zero-order valence-electron chi connectivity index (χ0n) is 13.1. The number of carboxylic acid groups (broad SMARTS) is 1. The summed E-state index contributed by atoms with van der Waals surface area (Å²) in [5.41, 5.74) is -0.109. The highest BCUT2D eigenvalue weighted by Crippen LogP contribution is 2.52. The number of hydrogen-bond donors (Lipinski definition) is 1. The maximum Gasteiger partial charge on any atom is 0.303 e. The lowest BCUT2D eigenvalue weighted by Crippen LogP contribution is -2.44. The van der Waals surface area contributed by atoms with Gasteiger partial charge in [0, 0.05) is 19.0 Å². The fourth-order valence-electron chi connectivity index (χ4n) is 3.28. The zero-order chi connectivity index (χ0) is 17.3. The summed E-state index contributed by atoms with van der Waals surface area (Å²) in [5, 5.41) is 8.98. The molecule has 1 N–H and O–H groups in total. The summed E-state index contributed by atoms with van der Waals surface area (Å²) in [6, 6.07) is 2.63. The van der Waals surface area contributed by atoms with Gasteiger partial charge in [0.05, 0.1) is 25.7 Å². The number of benzene rings is 1. The van der Waals surface area contributed by atoms with E-state index in [0.29, 0.717) is 31.6 Å². The van der Waals surface area contributed by atoms with Crippen molar-refractivity contribution in [2.24, 2.45) is 5.41 Å². The zero-order valence-corrected chi connectivity index (χ0v) is 13.1. The number of aliphatic carboxylic acids is 1. The van der Waals surface area contributed by atoms with E-state index < -0.39 is 29.1 Å². The number of carbonyl (C=O) groups excluding carboxylic acids is 1. The van der Waals surface area contributed by atoms with Crippen LogP contribution in [0, 0.1) is 17.0 Å². The molecule has 2 aliphatic rings. The number of nitrogens with zero attached hydrogens (tertiary/aromatic N) is 1. The molecule has 3 rings (SSSR count). The highest BCUT2D eigenvalue weighted by Gasteiger charge is 2.47. The van der Waals surface area contributed by atoms with Crippen LogP contribution in [-0.2, 0) is 14.3 Å². The first-order valence-electron chi connectivity index (χ1n) is 7.94. The van der Waals surface area contributed by atoms with Gasteiger partial charge in [-0.25, -0.2) is 8.78 Å². The Balaban J connectivity index is 1.77. The summed E-state index contributed by atoms with van der Waals surface area (Å²) >= 11 is 0. The molecule has 5 nitrogen and oxygen atoms in total. The quantitative estimate of drug-likeness (QED) is 0.895. The number of hydrogen-bond acceptors (Lipinski definition) is 3. The van der Waals surface area contributed by atoms with Crippen molar-refractivity contribution < 1.29 is 28.2 Å². The molecule has 130 valence electrons. The first-order valence-corrected chi connectivity index (χ1v) is 7.94. The Bertz CT molecular complexity index is 640. The summed E-state index contributed by atoms with van der Waals surface area (Å²) in [4.78, 5) is 25.2. The second kappa shape index (κ2) is 6.47. The molecule has 24 heavy (non-hydrogen) atoms. The lowest BCUT2D eigenvalue weighted by Gasteiger charge is -2.36. The molecule has 0 aromatic heterocycles. The molecule has 1 aliphatic heterocycles. The second-order valence-electron chi connectivity index (χ2n) is 6.63. The lowest BCUT2D eigenvalue weighted by atomic mass is 9.96. The Morgan fingerprint density at radius 2 is 1.88 bits per heavy atom. The number of amides is 1. The van der Waals surface area contributed by atoms with Gasteiger partial charge in [0.25, 0.3) is 0 Å². The van der Waals surface area contributed by atoms with Crippen LogP contribution < -0.4 is 0 Å². The van der Waals surface area contributed by atoms with Crippen LogP contribution in [0.3, 0.4) is 0 Å². The Kier molecular flexibility index (Phi) is 4.54. The smallest absolute Gasteiger partial charge is 0.303 e. The average Bonchev–Trinajstić information content (AvgIpc) is 3.24. The minimum absolute atomic E-state index is 0.0255. The van der Waals surface area contributed by atoms with Crippen molar-refractivity contribution in [3.63, 3.8) is 0 Å². The minimum atomic E-state index is -0.911. The molecule has 7 heteroatoms. The van der Waals surface area contributed by atoms with E-state index in [9.17, 15) is 18.4 Å². The summed E-state index contributed by atoms with van der Waals surface area (Å²) in [6.45, 7) is 0.845. The maximum absolute atomic E-state index is 13.5. The van der Waals surface area contributed by atoms with Crippen LogP contribution in [0.15, 0.2) is 18.2 Å². The van der Waals surface area contributed by atoms with Crippen molar-refractivity contribution in [1.29, 1.82) is 0 Å². The van der Waals surface area contributed by atoms with Gasteiger partial charge in [-0.15, -0.1) is 0 Å². The number of rotatable bonds is 5. The van der Waals surface area contributed by atoms with Gasteiger partial charge in [0.15, 0.2) is 0 Å². The topological polar surface area (TPSA) is 66.8 Å². The van der Waals surface area contributed by atoms with Gasteiger partial charge in [-0.1, -0.05) is 0 Å². The number of carbonyl (C=O) groups is 2. The largest absolute Gasteiger partial charge is 0.481 e. The standard InChI is InChI=1S/C17H19F2NO4/c18-12-5-11(6-13(19)7-12)14-10-24-4-3-20(14)15(21)8-17(1-2-17)9-16(22)23/h5-7,14H,1-4,8-10H2,(H,22,23). The lowest BCUT2D eigenvalue weighted by molar-refractivity contribution is -0.143. The van der Waals surface area contributed by atoms with Gasteiger partial charge >= 0.3 is 5.97 Å². The maximum atomic E-state index is 13.5. The molecule has 0 radical (unpaired) electrons. The minimum Gasteiger partial charge on any atom is -0.481 e. The fourth-order valence-corrected chi connectivity index (χ4v) is 3.28. The molecular formula is C17H19F2NO4. The monoisotopic (exact) mass is 339 g/mol. The van der Waals surface area contributed by atoms with Crippen LogP contribution in [0.25, 0.3) is 0 Å². The van der Waals surface area contributed by atoms with E-state index in [0.717, 1.165) is 6.07 Å². The fraction of sp³-hybridized carbons (Fsp3) is 0.529. The highest BCUT2D eigenvalue weighted by atomic mass is 19.1. The molecule has 1 aliphatic carbocycles. The Morgan fingerprint density at radius 3 is 2.46 bits per heavy atom. The van der Waals surface area contributed by atoms with E-state index in [1.165, 1.54) is 12.1 Å². The molecule has 2 fully saturated rings. The Labute approximate surface area is 138 Å². The van der Waals surface area contributed by atoms with E-state index in [1.54, 1.807) is 4.90 Å². The van der Waals surface area contributed by atoms with Crippen LogP contribution in [0.4, 0.5) is 8.78 Å². The van der Waals surface area contributed by atoms with Crippen LogP contribution in [0.5, 0.6) is 0 Å². The molecule has 1 saturated heterocycles. The van der Waals surface area contributed by atoms with Crippen molar-refractivity contribution in [2.45, 2.75) is 31.7 Å². The van der Waals surface area contributed by atoms with E-state index in [-0.39, 0.29) is 25.4 Å². The number of morpholine rings is 1. The summed E-state index contributed by atoms with van der Waals surface area (Å²) in [6.07, 6.45) is 1.55. The molecule has 1 atom stereocenters. The van der Waals surface area contributed by atoms with Crippen LogP contribution in [0.2, 0.25) is 0 Å². The number of carboxylic acids is 1. The summed E-state index contributed by atoms with van der Waals surface area (Å²) < 4.78 is 32.3. The molecule has 0 spiro atoms. The van der Waals surface area contributed by atoms with E-state index in [4.69, 9.17) is 9.84 Å². The highest BCUT2D eigenvalue weighted by molar-refractivity contribution is 5.79. The van der Waals surface area contributed by atoms with Crippen molar-refractivity contribution in [2.75, 3.05) is 19.8 Å². The second-order valence-corrected chi connectivity index (χ2v) is 6.63. The van der Waals surface area contributed by atoms with Gasteiger partial charge in [-0.05, 0) is 36.0 Å². The van der Waals surface area contributed by atoms with Crippen molar-refractivity contribution in [3.8, 4) is 0 Å². The molecule has 1 aromatic rings. The predicted molar refractivity (Wildman–Crippen MR) is 80.2 cm³/mol. The van der Waals surface area contributed by atoms with Crippen LogP contribution in [-0.4, -0.2) is 41.6 Å². The third-order valence-corrected chi connectivity index (χ3v) is 4.73. The first kappa shape index (κ1) is 16.8. The molecule has 0 bridgehead atoms. The molecule has 1 saturated carbocycles. The van der Waals surface area contributed by atoms with Crippen LogP contribution in [0.1, 0.15) is 37.3 Å². The van der Waals surface area contributed by atoms with Crippen LogP contribution >= 0.6 is 0 Å². The number of halogens is 2. The summed E-state index contributed by atoms with van der Waals surface area (Å²) in [5.74, 6) is -2.50. The van der Waals surface area contributed by atoms with Crippen molar-refractivity contribution in [1.82, 2.24) is 4.90 Å². The van der Waals surface area contributed by atoms with Gasteiger partial charge in [0.2, 0.25) is 5.91 Å². The predicted octanol–water partition coefficient (Wildman–Crippen LogP) is 2.51.